The lowest BCUT2D eigenvalue weighted by Gasteiger charge is -2.07. The Morgan fingerprint density at radius 1 is 1.15 bits per heavy atom. The van der Waals surface area contributed by atoms with Gasteiger partial charge in [0.1, 0.15) is 6.61 Å². The highest BCUT2D eigenvalue weighted by molar-refractivity contribution is 5.93. The molecule has 1 amide bonds. The lowest BCUT2D eigenvalue weighted by atomic mass is 10.2. The Kier molecular flexibility index (Phi) is 7.35. The number of hydrogen-bond donors (Lipinski definition) is 1. The molecule has 0 heterocycles. The maximum absolute atomic E-state index is 11.7. The molecule has 0 atom stereocenters. The topological polar surface area (TPSA) is 64.6 Å². The Hall–Kier alpha value is -1.88. The lowest BCUT2D eigenvalue weighted by Crippen LogP contribution is -2.18. The van der Waals surface area contributed by atoms with E-state index < -0.39 is 0 Å². The molecule has 0 fully saturated rings. The van der Waals surface area contributed by atoms with E-state index in [1.807, 2.05) is 13.8 Å². The Morgan fingerprint density at radius 3 is 2.45 bits per heavy atom. The van der Waals surface area contributed by atoms with Crippen LogP contribution in [0.25, 0.3) is 0 Å². The van der Waals surface area contributed by atoms with Crippen LogP contribution in [0.15, 0.2) is 24.3 Å². The van der Waals surface area contributed by atoms with Gasteiger partial charge in [-0.25, -0.2) is 4.79 Å². The highest BCUT2D eigenvalue weighted by Gasteiger charge is 2.07. The molecule has 0 aliphatic carbocycles. The van der Waals surface area contributed by atoms with Crippen molar-refractivity contribution in [2.24, 2.45) is 0 Å². The summed E-state index contributed by atoms with van der Waals surface area (Å²) >= 11 is 0. The maximum Gasteiger partial charge on any atom is 0.338 e. The predicted molar refractivity (Wildman–Crippen MR) is 76.8 cm³/mol. The molecule has 0 spiro atoms. The number of rotatable bonds is 8. The van der Waals surface area contributed by atoms with E-state index in [9.17, 15) is 9.59 Å². The number of hydrogen-bond acceptors (Lipinski definition) is 4. The molecule has 1 N–H and O–H groups in total. The van der Waals surface area contributed by atoms with E-state index in [0.717, 1.165) is 12.8 Å². The fourth-order valence-corrected chi connectivity index (χ4v) is 1.47. The molecule has 1 aromatic rings. The van der Waals surface area contributed by atoms with E-state index in [0.29, 0.717) is 24.5 Å². The fraction of sp³-hybridized carbons (Fsp3) is 0.467. The number of ether oxygens (including phenoxy) is 2. The molecule has 0 saturated heterocycles. The number of carbonyl (C=O) groups excluding carboxylic acids is 2. The minimum atomic E-state index is -0.342. The number of anilines is 1. The third kappa shape index (κ3) is 5.84. The molecule has 0 saturated carbocycles. The molecule has 110 valence electrons. The molecule has 5 heteroatoms. The van der Waals surface area contributed by atoms with Crippen LogP contribution in [-0.4, -0.2) is 31.7 Å². The number of nitrogens with one attached hydrogen (secondary N) is 1. The first kappa shape index (κ1) is 16.2. The van der Waals surface area contributed by atoms with Gasteiger partial charge in [-0.3, -0.25) is 4.79 Å². The summed E-state index contributed by atoms with van der Waals surface area (Å²) in [6.45, 7) is 4.81. The minimum Gasteiger partial charge on any atom is -0.462 e. The van der Waals surface area contributed by atoms with Gasteiger partial charge >= 0.3 is 5.97 Å². The summed E-state index contributed by atoms with van der Waals surface area (Å²) < 4.78 is 10.1. The maximum atomic E-state index is 11.7. The highest BCUT2D eigenvalue weighted by atomic mass is 16.5. The molecule has 0 aromatic heterocycles. The molecular formula is C15H21NO4. The van der Waals surface area contributed by atoms with Gasteiger partial charge in [-0.2, -0.15) is 0 Å². The van der Waals surface area contributed by atoms with Gasteiger partial charge in [-0.1, -0.05) is 13.3 Å². The van der Waals surface area contributed by atoms with E-state index in [1.54, 1.807) is 24.3 Å². The largest absolute Gasteiger partial charge is 0.462 e. The minimum absolute atomic E-state index is 0.0251. The van der Waals surface area contributed by atoms with Crippen LogP contribution in [0.1, 0.15) is 37.0 Å². The van der Waals surface area contributed by atoms with Crippen molar-refractivity contribution in [2.75, 3.05) is 25.1 Å². The fourth-order valence-electron chi connectivity index (χ4n) is 1.47. The molecule has 0 unspecified atom stereocenters. The zero-order valence-corrected chi connectivity index (χ0v) is 12.0. The first-order chi connectivity index (χ1) is 9.67. The summed E-state index contributed by atoms with van der Waals surface area (Å²) in [7, 11) is 0. The Labute approximate surface area is 119 Å². The zero-order chi connectivity index (χ0) is 14.8. The molecule has 1 aromatic carbocycles. The van der Waals surface area contributed by atoms with Crippen LogP contribution in [0.3, 0.4) is 0 Å². The van der Waals surface area contributed by atoms with Crippen molar-refractivity contribution >= 4 is 17.6 Å². The quantitative estimate of drug-likeness (QED) is 0.587. The predicted octanol–water partition coefficient (Wildman–Crippen LogP) is 2.62. The van der Waals surface area contributed by atoms with E-state index in [1.165, 1.54) is 0 Å². The van der Waals surface area contributed by atoms with Crippen molar-refractivity contribution in [1.29, 1.82) is 0 Å². The van der Waals surface area contributed by atoms with Crippen molar-refractivity contribution < 1.29 is 19.1 Å². The summed E-state index contributed by atoms with van der Waals surface area (Å²) in [5.41, 5.74) is 1.10. The molecule has 0 radical (unpaired) electrons. The molecule has 0 aliphatic heterocycles. The second-order valence-corrected chi connectivity index (χ2v) is 4.25. The summed E-state index contributed by atoms with van der Waals surface area (Å²) in [5, 5.41) is 2.68. The number of unbranched alkanes of at least 4 members (excludes halogenated alkanes) is 1. The summed E-state index contributed by atoms with van der Waals surface area (Å²) in [4.78, 5) is 23.1. The monoisotopic (exact) mass is 279 g/mol. The van der Waals surface area contributed by atoms with Crippen LogP contribution >= 0.6 is 0 Å². The van der Waals surface area contributed by atoms with Crippen LogP contribution in [0.5, 0.6) is 0 Å². The van der Waals surface area contributed by atoms with E-state index in [4.69, 9.17) is 9.47 Å². The number of amides is 1. The van der Waals surface area contributed by atoms with Gasteiger partial charge < -0.3 is 14.8 Å². The smallest absolute Gasteiger partial charge is 0.338 e. The number of carbonyl (C=O) groups is 2. The van der Waals surface area contributed by atoms with Gasteiger partial charge in [0.25, 0.3) is 0 Å². The van der Waals surface area contributed by atoms with Gasteiger partial charge in [0.05, 0.1) is 12.2 Å². The molecule has 0 aliphatic rings. The Balaban J connectivity index is 2.47. The summed E-state index contributed by atoms with van der Waals surface area (Å²) in [5.74, 6) is -0.559. The second-order valence-electron chi connectivity index (χ2n) is 4.25. The first-order valence-corrected chi connectivity index (χ1v) is 6.82. The SMILES string of the molecule is CCCCOC(=O)c1ccc(NC(=O)COCC)cc1. The van der Waals surface area contributed by atoms with E-state index in [-0.39, 0.29) is 18.5 Å². The van der Waals surface area contributed by atoms with Crippen LogP contribution in [0.4, 0.5) is 5.69 Å². The van der Waals surface area contributed by atoms with Crippen molar-refractivity contribution in [3.8, 4) is 0 Å². The normalized spacial score (nSPS) is 10.1. The standard InChI is InChI=1S/C15H21NO4/c1-3-5-10-20-15(18)12-6-8-13(9-7-12)16-14(17)11-19-4-2/h6-9H,3-5,10-11H2,1-2H3,(H,16,17). The first-order valence-electron chi connectivity index (χ1n) is 6.82. The second kappa shape index (κ2) is 9.09. The Bertz CT molecular complexity index is 428. The third-order valence-electron chi connectivity index (χ3n) is 2.57. The molecular weight excluding hydrogens is 258 g/mol. The van der Waals surface area contributed by atoms with Crippen molar-refractivity contribution in [2.45, 2.75) is 26.7 Å². The Morgan fingerprint density at radius 2 is 1.85 bits per heavy atom. The van der Waals surface area contributed by atoms with Crippen LogP contribution in [0.2, 0.25) is 0 Å². The average Bonchev–Trinajstić information content (AvgIpc) is 2.46. The van der Waals surface area contributed by atoms with Crippen molar-refractivity contribution in [1.82, 2.24) is 0 Å². The van der Waals surface area contributed by atoms with Gasteiger partial charge in [0.2, 0.25) is 5.91 Å². The van der Waals surface area contributed by atoms with Gasteiger partial charge in [-0.05, 0) is 37.6 Å². The number of esters is 1. The van der Waals surface area contributed by atoms with Gasteiger partial charge in [-0.15, -0.1) is 0 Å². The van der Waals surface area contributed by atoms with Gasteiger partial charge in [0, 0.05) is 12.3 Å². The number of benzene rings is 1. The van der Waals surface area contributed by atoms with Crippen molar-refractivity contribution in [3.05, 3.63) is 29.8 Å². The molecule has 0 bridgehead atoms. The molecule has 20 heavy (non-hydrogen) atoms. The van der Waals surface area contributed by atoms with E-state index >= 15 is 0 Å². The highest BCUT2D eigenvalue weighted by Crippen LogP contribution is 2.10. The van der Waals surface area contributed by atoms with Crippen LogP contribution < -0.4 is 5.32 Å². The van der Waals surface area contributed by atoms with Crippen molar-refractivity contribution in [3.63, 3.8) is 0 Å². The summed E-state index contributed by atoms with van der Waals surface area (Å²) in [6.07, 6.45) is 1.84. The van der Waals surface area contributed by atoms with E-state index in [2.05, 4.69) is 5.32 Å². The van der Waals surface area contributed by atoms with Crippen LogP contribution in [0, 0.1) is 0 Å². The lowest BCUT2D eigenvalue weighted by molar-refractivity contribution is -0.120. The van der Waals surface area contributed by atoms with Crippen LogP contribution in [-0.2, 0) is 14.3 Å². The molecule has 5 nitrogen and oxygen atoms in total. The average molecular weight is 279 g/mol. The molecule has 1 rings (SSSR count). The zero-order valence-electron chi connectivity index (χ0n) is 12.0. The van der Waals surface area contributed by atoms with Gasteiger partial charge in [0.15, 0.2) is 0 Å². The third-order valence-corrected chi connectivity index (χ3v) is 2.57. The summed E-state index contributed by atoms with van der Waals surface area (Å²) in [6, 6.07) is 6.59.